The molecule has 1 rings (SSSR count). The van der Waals surface area contributed by atoms with E-state index in [9.17, 15) is 4.79 Å². The molecule has 0 fully saturated rings. The van der Waals surface area contributed by atoms with Gasteiger partial charge in [0.05, 0.1) is 12.7 Å². The van der Waals surface area contributed by atoms with Crippen molar-refractivity contribution >= 4 is 11.7 Å². The zero-order valence-electron chi connectivity index (χ0n) is 12.5. The van der Waals surface area contributed by atoms with Crippen LogP contribution in [-0.4, -0.2) is 29.4 Å². The van der Waals surface area contributed by atoms with Gasteiger partial charge in [-0.15, -0.1) is 0 Å². The van der Waals surface area contributed by atoms with Crippen LogP contribution in [0.3, 0.4) is 0 Å². The number of hydrogen-bond donors (Lipinski definition) is 2. The van der Waals surface area contributed by atoms with Crippen molar-refractivity contribution in [2.24, 2.45) is 0 Å². The molecule has 0 aliphatic heterocycles. The molecule has 0 spiro atoms. The maximum atomic E-state index is 11.2. The van der Waals surface area contributed by atoms with E-state index in [4.69, 9.17) is 20.3 Å². The van der Waals surface area contributed by atoms with Crippen LogP contribution in [0.4, 0.5) is 5.69 Å². The fourth-order valence-corrected chi connectivity index (χ4v) is 1.69. The monoisotopic (exact) mass is 281 g/mol. The molecular weight excluding hydrogens is 258 g/mol. The van der Waals surface area contributed by atoms with Crippen molar-refractivity contribution < 1.29 is 19.4 Å². The Morgan fingerprint density at radius 1 is 1.40 bits per heavy atom. The van der Waals surface area contributed by atoms with Crippen molar-refractivity contribution in [1.82, 2.24) is 0 Å². The summed E-state index contributed by atoms with van der Waals surface area (Å²) in [6.07, 6.45) is 0.812. The number of carboxylic acid groups (broad SMARTS) is 1. The zero-order valence-corrected chi connectivity index (χ0v) is 12.5. The lowest BCUT2D eigenvalue weighted by Gasteiger charge is -2.27. The number of nitrogen functional groups attached to an aromatic ring is 1. The van der Waals surface area contributed by atoms with Crippen LogP contribution in [0, 0.1) is 0 Å². The molecule has 0 radical (unpaired) electrons. The van der Waals surface area contributed by atoms with Crippen LogP contribution >= 0.6 is 0 Å². The smallest absolute Gasteiger partial charge is 0.339 e. The molecule has 0 saturated heterocycles. The fourth-order valence-electron chi connectivity index (χ4n) is 1.69. The van der Waals surface area contributed by atoms with Gasteiger partial charge in [-0.25, -0.2) is 4.79 Å². The zero-order chi connectivity index (χ0) is 15.3. The standard InChI is InChI=1S/C15H23NO4/c1-10(2)19-8-7-15(3,4)20-13-9-11(16)5-6-12(13)14(17)18/h5-6,9-10H,7-8,16H2,1-4H3,(H,17,18). The summed E-state index contributed by atoms with van der Waals surface area (Å²) in [5.41, 5.74) is 5.73. The van der Waals surface area contributed by atoms with E-state index in [1.807, 2.05) is 27.7 Å². The number of hydrogen-bond acceptors (Lipinski definition) is 4. The number of anilines is 1. The SMILES string of the molecule is CC(C)OCCC(C)(C)Oc1cc(N)ccc1C(=O)O. The molecule has 0 atom stereocenters. The summed E-state index contributed by atoms with van der Waals surface area (Å²) in [4.78, 5) is 11.2. The first-order valence-corrected chi connectivity index (χ1v) is 6.65. The second-order valence-corrected chi connectivity index (χ2v) is 5.59. The van der Waals surface area contributed by atoms with Crippen LogP contribution < -0.4 is 10.5 Å². The van der Waals surface area contributed by atoms with E-state index in [0.717, 1.165) is 0 Å². The first-order chi connectivity index (χ1) is 9.21. The summed E-state index contributed by atoms with van der Waals surface area (Å²) < 4.78 is 11.3. The predicted molar refractivity (Wildman–Crippen MR) is 78.2 cm³/mol. The molecule has 0 aromatic heterocycles. The van der Waals surface area contributed by atoms with Gasteiger partial charge in [-0.1, -0.05) is 0 Å². The Labute approximate surface area is 119 Å². The van der Waals surface area contributed by atoms with E-state index in [1.165, 1.54) is 12.1 Å². The minimum Gasteiger partial charge on any atom is -0.487 e. The fraction of sp³-hybridized carbons (Fsp3) is 0.533. The lowest BCUT2D eigenvalue weighted by atomic mass is 10.1. The number of carboxylic acids is 1. The Morgan fingerprint density at radius 2 is 2.05 bits per heavy atom. The number of aromatic carboxylic acids is 1. The third-order valence-electron chi connectivity index (χ3n) is 2.78. The molecule has 5 nitrogen and oxygen atoms in total. The summed E-state index contributed by atoms with van der Waals surface area (Å²) in [6.45, 7) is 8.27. The van der Waals surface area contributed by atoms with Gasteiger partial charge in [0.1, 0.15) is 16.9 Å². The third kappa shape index (κ3) is 5.09. The topological polar surface area (TPSA) is 81.8 Å². The molecule has 0 saturated carbocycles. The number of nitrogens with two attached hydrogens (primary N) is 1. The summed E-state index contributed by atoms with van der Waals surface area (Å²) >= 11 is 0. The average molecular weight is 281 g/mol. The van der Waals surface area contributed by atoms with Gasteiger partial charge in [-0.3, -0.25) is 0 Å². The maximum Gasteiger partial charge on any atom is 0.339 e. The highest BCUT2D eigenvalue weighted by Crippen LogP contribution is 2.27. The van der Waals surface area contributed by atoms with E-state index in [0.29, 0.717) is 18.7 Å². The Kier molecular flexibility index (Phi) is 5.39. The van der Waals surface area contributed by atoms with Gasteiger partial charge in [0, 0.05) is 18.2 Å². The lowest BCUT2D eigenvalue weighted by molar-refractivity contribution is 0.0224. The Bertz CT molecular complexity index is 469. The summed E-state index contributed by atoms with van der Waals surface area (Å²) in [7, 11) is 0. The van der Waals surface area contributed by atoms with E-state index in [2.05, 4.69) is 0 Å². The number of rotatable bonds is 7. The van der Waals surface area contributed by atoms with E-state index >= 15 is 0 Å². The second-order valence-electron chi connectivity index (χ2n) is 5.59. The van der Waals surface area contributed by atoms with Gasteiger partial charge in [0.15, 0.2) is 0 Å². The lowest BCUT2D eigenvalue weighted by Crippen LogP contribution is -2.31. The highest BCUT2D eigenvalue weighted by Gasteiger charge is 2.23. The largest absolute Gasteiger partial charge is 0.487 e. The first kappa shape index (κ1) is 16.3. The molecule has 0 aliphatic rings. The van der Waals surface area contributed by atoms with Crippen LogP contribution in [0.1, 0.15) is 44.5 Å². The van der Waals surface area contributed by atoms with Gasteiger partial charge in [0.2, 0.25) is 0 Å². The minimum atomic E-state index is -1.03. The normalized spacial score (nSPS) is 11.7. The van der Waals surface area contributed by atoms with Crippen molar-refractivity contribution in [1.29, 1.82) is 0 Å². The molecular formula is C15H23NO4. The molecule has 0 unspecified atom stereocenters. The van der Waals surface area contributed by atoms with Crippen molar-refractivity contribution in [3.8, 4) is 5.75 Å². The molecule has 0 heterocycles. The Morgan fingerprint density at radius 3 is 2.60 bits per heavy atom. The van der Waals surface area contributed by atoms with Crippen molar-refractivity contribution in [3.63, 3.8) is 0 Å². The number of ether oxygens (including phenoxy) is 2. The highest BCUT2D eigenvalue weighted by atomic mass is 16.5. The number of carbonyl (C=O) groups is 1. The van der Waals surface area contributed by atoms with Gasteiger partial charge in [-0.05, 0) is 39.8 Å². The van der Waals surface area contributed by atoms with Gasteiger partial charge in [-0.2, -0.15) is 0 Å². The summed E-state index contributed by atoms with van der Waals surface area (Å²) in [6, 6.07) is 4.54. The summed E-state index contributed by atoms with van der Waals surface area (Å²) in [5, 5.41) is 9.16. The van der Waals surface area contributed by atoms with Crippen LogP contribution in [0.15, 0.2) is 18.2 Å². The maximum absolute atomic E-state index is 11.2. The van der Waals surface area contributed by atoms with Crippen LogP contribution in [0.25, 0.3) is 0 Å². The second kappa shape index (κ2) is 6.61. The van der Waals surface area contributed by atoms with Gasteiger partial charge >= 0.3 is 5.97 Å². The minimum absolute atomic E-state index is 0.108. The highest BCUT2D eigenvalue weighted by molar-refractivity contribution is 5.91. The molecule has 5 heteroatoms. The van der Waals surface area contributed by atoms with Crippen molar-refractivity contribution in [3.05, 3.63) is 23.8 Å². The van der Waals surface area contributed by atoms with Gasteiger partial charge < -0.3 is 20.3 Å². The molecule has 0 bridgehead atoms. The van der Waals surface area contributed by atoms with E-state index < -0.39 is 11.6 Å². The first-order valence-electron chi connectivity index (χ1n) is 6.65. The molecule has 112 valence electrons. The molecule has 20 heavy (non-hydrogen) atoms. The Balaban J connectivity index is 2.80. The quantitative estimate of drug-likeness (QED) is 0.751. The average Bonchev–Trinajstić information content (AvgIpc) is 2.26. The van der Waals surface area contributed by atoms with Crippen LogP contribution in [-0.2, 0) is 4.74 Å². The number of benzene rings is 1. The summed E-state index contributed by atoms with van der Waals surface area (Å²) in [5.74, 6) is -0.749. The molecule has 1 aromatic carbocycles. The van der Waals surface area contributed by atoms with Crippen LogP contribution in [0.2, 0.25) is 0 Å². The Hall–Kier alpha value is -1.75. The van der Waals surface area contributed by atoms with Gasteiger partial charge in [0.25, 0.3) is 0 Å². The molecule has 0 amide bonds. The van der Waals surface area contributed by atoms with E-state index in [1.54, 1.807) is 6.07 Å². The van der Waals surface area contributed by atoms with E-state index in [-0.39, 0.29) is 17.4 Å². The van der Waals surface area contributed by atoms with Crippen LogP contribution in [0.5, 0.6) is 5.75 Å². The van der Waals surface area contributed by atoms with Crippen molar-refractivity contribution in [2.45, 2.75) is 45.8 Å². The third-order valence-corrected chi connectivity index (χ3v) is 2.78. The van der Waals surface area contributed by atoms with Crippen molar-refractivity contribution in [2.75, 3.05) is 12.3 Å². The molecule has 0 aliphatic carbocycles. The molecule has 3 N–H and O–H groups in total. The predicted octanol–water partition coefficient (Wildman–Crippen LogP) is 2.94. The molecule has 1 aromatic rings.